The molecule has 3 fully saturated rings. The fourth-order valence-electron chi connectivity index (χ4n) is 6.97. The van der Waals surface area contributed by atoms with E-state index in [4.69, 9.17) is 0 Å². The van der Waals surface area contributed by atoms with Crippen molar-refractivity contribution in [3.63, 3.8) is 0 Å². The summed E-state index contributed by atoms with van der Waals surface area (Å²) in [5.41, 5.74) is 1.68. The van der Waals surface area contributed by atoms with Crippen LogP contribution in [0.2, 0.25) is 0 Å². The Morgan fingerprint density at radius 2 is 2.00 bits per heavy atom. The van der Waals surface area contributed by atoms with Crippen LogP contribution >= 0.6 is 0 Å². The molecule has 0 aromatic carbocycles. The molecule has 0 aromatic heterocycles. The molecule has 0 saturated heterocycles. The average Bonchev–Trinajstić information content (AvgIpc) is 2.84. The SMILES string of the molecule is CC[C@H]1CC[C@H]2[C@@H]3CC(=O)C4=CCC=C[C@]4(C)[C@H]3CC[C@]12C. The molecule has 4 aliphatic rings. The Morgan fingerprint density at radius 3 is 2.77 bits per heavy atom. The third-order valence-electron chi connectivity index (χ3n) is 8.12. The van der Waals surface area contributed by atoms with E-state index in [1.54, 1.807) is 0 Å². The Kier molecular flexibility index (Phi) is 3.23. The van der Waals surface area contributed by atoms with Crippen molar-refractivity contribution in [3.05, 3.63) is 23.8 Å². The Labute approximate surface area is 135 Å². The number of ketones is 1. The van der Waals surface area contributed by atoms with E-state index in [9.17, 15) is 4.79 Å². The van der Waals surface area contributed by atoms with Crippen molar-refractivity contribution in [2.75, 3.05) is 0 Å². The van der Waals surface area contributed by atoms with Gasteiger partial charge in [0.15, 0.2) is 5.78 Å². The molecule has 4 aliphatic carbocycles. The number of Topliss-reactive ketones (excluding diaryl/α,β-unsaturated/α-hetero) is 1. The largest absolute Gasteiger partial charge is 0.295 e. The highest BCUT2D eigenvalue weighted by molar-refractivity contribution is 5.98. The zero-order chi connectivity index (χ0) is 15.5. The van der Waals surface area contributed by atoms with Crippen LogP contribution < -0.4 is 0 Å². The summed E-state index contributed by atoms with van der Waals surface area (Å²) in [6, 6.07) is 0. The Morgan fingerprint density at radius 1 is 1.18 bits per heavy atom. The Bertz CT molecular complexity index is 556. The van der Waals surface area contributed by atoms with Crippen molar-refractivity contribution in [2.24, 2.45) is 34.5 Å². The second kappa shape index (κ2) is 4.82. The monoisotopic (exact) mass is 298 g/mol. The van der Waals surface area contributed by atoms with E-state index in [1.807, 2.05) is 0 Å². The standard InChI is InChI=1S/C21H30O/c1-4-14-8-9-16-15-13-19(22)18-7-5-6-11-21(18,3)17(15)10-12-20(14,16)2/h6-7,11,14-17H,4-5,8-10,12-13H2,1-3H3/t14-,15-,16-,17-,20+,21+/m0/s1. The van der Waals surface area contributed by atoms with Gasteiger partial charge in [0.25, 0.3) is 0 Å². The minimum absolute atomic E-state index is 0.0316. The van der Waals surface area contributed by atoms with Crippen molar-refractivity contribution < 1.29 is 4.79 Å². The van der Waals surface area contributed by atoms with Crippen LogP contribution in [0.15, 0.2) is 23.8 Å². The third-order valence-corrected chi connectivity index (χ3v) is 8.12. The summed E-state index contributed by atoms with van der Waals surface area (Å²) in [5.74, 6) is 3.46. The van der Waals surface area contributed by atoms with Gasteiger partial charge >= 0.3 is 0 Å². The first-order valence-corrected chi connectivity index (χ1v) is 9.42. The maximum absolute atomic E-state index is 12.8. The number of fused-ring (bicyclic) bond motifs is 5. The minimum atomic E-state index is 0.0316. The van der Waals surface area contributed by atoms with Crippen LogP contribution in [0, 0.1) is 34.5 Å². The zero-order valence-electron chi connectivity index (χ0n) is 14.4. The maximum Gasteiger partial charge on any atom is 0.159 e. The molecule has 0 amide bonds. The van der Waals surface area contributed by atoms with E-state index in [-0.39, 0.29) is 5.41 Å². The van der Waals surface area contributed by atoms with Gasteiger partial charge in [0, 0.05) is 17.4 Å². The summed E-state index contributed by atoms with van der Waals surface area (Å²) in [5, 5.41) is 0. The number of carbonyl (C=O) groups is 1. The topological polar surface area (TPSA) is 17.1 Å². The highest BCUT2D eigenvalue weighted by Crippen LogP contribution is 2.65. The molecule has 120 valence electrons. The van der Waals surface area contributed by atoms with Gasteiger partial charge in [-0.25, -0.2) is 0 Å². The van der Waals surface area contributed by atoms with Gasteiger partial charge in [-0.2, -0.15) is 0 Å². The van der Waals surface area contributed by atoms with Crippen LogP contribution in [0.3, 0.4) is 0 Å². The highest BCUT2D eigenvalue weighted by atomic mass is 16.1. The summed E-state index contributed by atoms with van der Waals surface area (Å²) in [7, 11) is 0. The summed E-state index contributed by atoms with van der Waals surface area (Å²) >= 11 is 0. The molecule has 0 N–H and O–H groups in total. The summed E-state index contributed by atoms with van der Waals surface area (Å²) in [6.07, 6.45) is 15.4. The van der Waals surface area contributed by atoms with Gasteiger partial charge in [-0.05, 0) is 61.2 Å². The molecule has 22 heavy (non-hydrogen) atoms. The molecule has 1 nitrogen and oxygen atoms in total. The van der Waals surface area contributed by atoms with Crippen molar-refractivity contribution >= 4 is 5.78 Å². The zero-order valence-corrected chi connectivity index (χ0v) is 14.4. The number of carbonyl (C=O) groups excluding carboxylic acids is 1. The number of hydrogen-bond acceptors (Lipinski definition) is 1. The molecule has 6 atom stereocenters. The molecular weight excluding hydrogens is 268 g/mol. The van der Waals surface area contributed by atoms with Crippen molar-refractivity contribution in [2.45, 2.75) is 65.7 Å². The fourth-order valence-corrected chi connectivity index (χ4v) is 6.97. The van der Waals surface area contributed by atoms with Crippen molar-refractivity contribution in [1.82, 2.24) is 0 Å². The number of allylic oxidation sites excluding steroid dienone is 4. The molecule has 1 heteroatoms. The van der Waals surface area contributed by atoms with Crippen LogP contribution in [-0.4, -0.2) is 5.78 Å². The second-order valence-electron chi connectivity index (χ2n) is 8.77. The fraction of sp³-hybridized carbons (Fsp3) is 0.762. The van der Waals surface area contributed by atoms with E-state index in [2.05, 4.69) is 39.0 Å². The van der Waals surface area contributed by atoms with Crippen LogP contribution in [0.1, 0.15) is 65.7 Å². The van der Waals surface area contributed by atoms with E-state index in [1.165, 1.54) is 32.1 Å². The van der Waals surface area contributed by atoms with Gasteiger partial charge in [-0.1, -0.05) is 45.4 Å². The Balaban J connectivity index is 1.72. The van der Waals surface area contributed by atoms with E-state index in [0.717, 1.165) is 30.3 Å². The molecular formula is C21H30O. The van der Waals surface area contributed by atoms with E-state index < -0.39 is 0 Å². The molecule has 3 saturated carbocycles. The molecule has 0 radical (unpaired) electrons. The van der Waals surface area contributed by atoms with E-state index >= 15 is 0 Å². The van der Waals surface area contributed by atoms with Gasteiger partial charge < -0.3 is 0 Å². The molecule has 0 bridgehead atoms. The average molecular weight is 298 g/mol. The molecule has 0 aromatic rings. The summed E-state index contributed by atoms with van der Waals surface area (Å²) in [4.78, 5) is 12.8. The van der Waals surface area contributed by atoms with Crippen LogP contribution in [0.25, 0.3) is 0 Å². The summed E-state index contributed by atoms with van der Waals surface area (Å²) < 4.78 is 0. The van der Waals surface area contributed by atoms with Gasteiger partial charge in [0.1, 0.15) is 0 Å². The lowest BCUT2D eigenvalue weighted by atomic mass is 9.47. The smallest absolute Gasteiger partial charge is 0.159 e. The molecule has 0 spiro atoms. The first-order chi connectivity index (χ1) is 10.5. The predicted octanol–water partition coefficient (Wildman–Crippen LogP) is 5.32. The van der Waals surface area contributed by atoms with Gasteiger partial charge in [0.05, 0.1) is 0 Å². The van der Waals surface area contributed by atoms with Gasteiger partial charge in [-0.15, -0.1) is 0 Å². The third kappa shape index (κ3) is 1.74. The van der Waals surface area contributed by atoms with Gasteiger partial charge in [-0.3, -0.25) is 4.79 Å². The molecule has 0 aliphatic heterocycles. The molecule has 0 unspecified atom stereocenters. The molecule has 0 heterocycles. The maximum atomic E-state index is 12.8. The number of hydrogen-bond donors (Lipinski definition) is 0. The number of rotatable bonds is 1. The first-order valence-electron chi connectivity index (χ1n) is 9.42. The lowest BCUT2D eigenvalue weighted by Crippen LogP contribution is -2.51. The van der Waals surface area contributed by atoms with Crippen molar-refractivity contribution in [1.29, 1.82) is 0 Å². The predicted molar refractivity (Wildman–Crippen MR) is 90.4 cm³/mol. The lowest BCUT2D eigenvalue weighted by molar-refractivity contribution is -0.126. The summed E-state index contributed by atoms with van der Waals surface area (Å²) in [6.45, 7) is 7.25. The second-order valence-corrected chi connectivity index (χ2v) is 8.77. The van der Waals surface area contributed by atoms with Gasteiger partial charge in [0.2, 0.25) is 0 Å². The van der Waals surface area contributed by atoms with Crippen LogP contribution in [0.4, 0.5) is 0 Å². The highest BCUT2D eigenvalue weighted by Gasteiger charge is 2.59. The normalized spacial score (nSPS) is 50.1. The first kappa shape index (κ1) is 14.7. The minimum Gasteiger partial charge on any atom is -0.295 e. The lowest BCUT2D eigenvalue weighted by Gasteiger charge is -2.56. The van der Waals surface area contributed by atoms with Crippen LogP contribution in [0.5, 0.6) is 0 Å². The Hall–Kier alpha value is -0.850. The van der Waals surface area contributed by atoms with Crippen LogP contribution in [-0.2, 0) is 4.79 Å². The van der Waals surface area contributed by atoms with Crippen molar-refractivity contribution in [3.8, 4) is 0 Å². The quantitative estimate of drug-likeness (QED) is 0.599. The van der Waals surface area contributed by atoms with E-state index in [0.29, 0.717) is 23.0 Å². The molecule has 4 rings (SSSR count).